The van der Waals surface area contributed by atoms with Crippen molar-refractivity contribution < 1.29 is 27.8 Å². The SMILES string of the molecule is O=C(OCCO)Oc1cc(S(=O)(=O)c2ccccc2)cc2sc3ccccc3c(=O)c12. The normalized spacial score (nSPS) is 11.5. The molecule has 0 unspecified atom stereocenters. The zero-order valence-corrected chi connectivity index (χ0v) is 17.6. The van der Waals surface area contributed by atoms with Crippen molar-refractivity contribution in [2.24, 2.45) is 0 Å². The summed E-state index contributed by atoms with van der Waals surface area (Å²) < 4.78 is 37.3. The van der Waals surface area contributed by atoms with E-state index in [1.54, 1.807) is 42.5 Å². The Morgan fingerprint density at radius 2 is 1.65 bits per heavy atom. The van der Waals surface area contributed by atoms with Crippen LogP contribution < -0.4 is 10.2 Å². The molecule has 0 aliphatic heterocycles. The van der Waals surface area contributed by atoms with Crippen molar-refractivity contribution in [3.8, 4) is 5.75 Å². The lowest BCUT2D eigenvalue weighted by atomic mass is 10.1. The number of aliphatic hydroxyl groups excluding tert-OH is 1. The molecule has 0 saturated carbocycles. The number of ether oxygens (including phenoxy) is 2. The zero-order valence-electron chi connectivity index (χ0n) is 16.0. The molecule has 1 heterocycles. The summed E-state index contributed by atoms with van der Waals surface area (Å²) in [4.78, 5) is 25.1. The first-order valence-electron chi connectivity index (χ1n) is 9.17. The van der Waals surface area contributed by atoms with Gasteiger partial charge in [-0.05, 0) is 30.3 Å². The molecular formula is C22H16O7S2. The van der Waals surface area contributed by atoms with Crippen molar-refractivity contribution in [2.45, 2.75) is 9.79 Å². The third kappa shape index (κ3) is 4.02. The van der Waals surface area contributed by atoms with Gasteiger partial charge < -0.3 is 14.6 Å². The Labute approximate surface area is 181 Å². The summed E-state index contributed by atoms with van der Waals surface area (Å²) in [6.07, 6.45) is -1.15. The van der Waals surface area contributed by atoms with Crippen molar-refractivity contribution in [1.82, 2.24) is 0 Å². The van der Waals surface area contributed by atoms with Gasteiger partial charge in [-0.2, -0.15) is 0 Å². The second-order valence-electron chi connectivity index (χ2n) is 6.46. The largest absolute Gasteiger partial charge is 0.513 e. The molecule has 0 bridgehead atoms. The van der Waals surface area contributed by atoms with Crippen LogP contribution in [0.4, 0.5) is 4.79 Å². The van der Waals surface area contributed by atoms with E-state index in [0.29, 0.717) is 14.8 Å². The minimum absolute atomic E-state index is 0.0660. The van der Waals surface area contributed by atoms with Crippen LogP contribution in [0, 0.1) is 0 Å². The maximum absolute atomic E-state index is 13.2. The van der Waals surface area contributed by atoms with Crippen LogP contribution in [0.5, 0.6) is 5.75 Å². The van der Waals surface area contributed by atoms with E-state index in [1.165, 1.54) is 29.5 Å². The predicted molar refractivity (Wildman–Crippen MR) is 117 cm³/mol. The lowest BCUT2D eigenvalue weighted by Gasteiger charge is -2.12. The van der Waals surface area contributed by atoms with Gasteiger partial charge in [0.2, 0.25) is 9.84 Å². The van der Waals surface area contributed by atoms with Gasteiger partial charge in [0.25, 0.3) is 0 Å². The summed E-state index contributed by atoms with van der Waals surface area (Å²) >= 11 is 1.21. The predicted octanol–water partition coefficient (Wildman–Crippen LogP) is 3.76. The third-order valence-corrected chi connectivity index (χ3v) is 7.35. The topological polar surface area (TPSA) is 107 Å². The first-order chi connectivity index (χ1) is 14.9. The van der Waals surface area contributed by atoms with E-state index in [4.69, 9.17) is 14.6 Å². The molecule has 7 nitrogen and oxygen atoms in total. The average molecular weight is 456 g/mol. The smallest absolute Gasteiger partial charge is 0.432 e. The number of hydrogen-bond acceptors (Lipinski definition) is 8. The fourth-order valence-corrected chi connectivity index (χ4v) is 5.62. The van der Waals surface area contributed by atoms with Crippen LogP contribution in [0.15, 0.2) is 81.3 Å². The van der Waals surface area contributed by atoms with Crippen LogP contribution >= 0.6 is 11.3 Å². The number of fused-ring (bicyclic) bond motifs is 2. The van der Waals surface area contributed by atoms with Crippen LogP contribution in [-0.2, 0) is 14.6 Å². The molecule has 4 aromatic rings. The lowest BCUT2D eigenvalue weighted by Crippen LogP contribution is -2.15. The van der Waals surface area contributed by atoms with Gasteiger partial charge in [-0.1, -0.05) is 30.3 Å². The summed E-state index contributed by atoms with van der Waals surface area (Å²) in [6, 6.07) is 17.3. The van der Waals surface area contributed by atoms with Crippen LogP contribution in [-0.4, -0.2) is 32.9 Å². The van der Waals surface area contributed by atoms with Gasteiger partial charge in [-0.25, -0.2) is 13.2 Å². The van der Waals surface area contributed by atoms with Crippen LogP contribution in [0.2, 0.25) is 0 Å². The highest BCUT2D eigenvalue weighted by Gasteiger charge is 2.23. The first kappa shape index (κ1) is 21.0. The Bertz CT molecular complexity index is 1440. The molecule has 1 N–H and O–H groups in total. The van der Waals surface area contributed by atoms with Crippen molar-refractivity contribution in [3.63, 3.8) is 0 Å². The number of benzene rings is 3. The summed E-state index contributed by atoms with van der Waals surface area (Å²) in [6.45, 7) is -0.702. The van der Waals surface area contributed by atoms with E-state index in [9.17, 15) is 18.0 Å². The van der Waals surface area contributed by atoms with Gasteiger partial charge >= 0.3 is 6.16 Å². The molecule has 0 aliphatic carbocycles. The summed E-state index contributed by atoms with van der Waals surface area (Å²) in [5.74, 6) is -0.220. The van der Waals surface area contributed by atoms with E-state index in [1.807, 2.05) is 0 Å². The monoisotopic (exact) mass is 456 g/mol. The second kappa shape index (κ2) is 8.46. The first-order valence-corrected chi connectivity index (χ1v) is 11.5. The van der Waals surface area contributed by atoms with E-state index < -0.39 is 28.0 Å². The number of aliphatic hydroxyl groups is 1. The highest BCUT2D eigenvalue weighted by atomic mass is 32.2. The highest BCUT2D eigenvalue weighted by Crippen LogP contribution is 2.35. The van der Waals surface area contributed by atoms with E-state index >= 15 is 0 Å². The van der Waals surface area contributed by atoms with Gasteiger partial charge in [-0.15, -0.1) is 11.3 Å². The summed E-state index contributed by atoms with van der Waals surface area (Å²) in [5.41, 5.74) is -0.391. The number of carbonyl (C=O) groups excluding carboxylic acids is 1. The molecule has 31 heavy (non-hydrogen) atoms. The van der Waals surface area contributed by atoms with Gasteiger partial charge in [-0.3, -0.25) is 4.79 Å². The maximum atomic E-state index is 13.2. The van der Waals surface area contributed by atoms with E-state index in [0.717, 1.165) is 6.07 Å². The van der Waals surface area contributed by atoms with Crippen LogP contribution in [0.1, 0.15) is 0 Å². The second-order valence-corrected chi connectivity index (χ2v) is 9.50. The fourth-order valence-electron chi connectivity index (χ4n) is 3.09. The molecule has 3 aromatic carbocycles. The summed E-state index contributed by atoms with van der Waals surface area (Å²) in [7, 11) is -3.94. The minimum Gasteiger partial charge on any atom is -0.432 e. The van der Waals surface area contributed by atoms with Crippen LogP contribution in [0.25, 0.3) is 20.2 Å². The molecule has 0 spiro atoms. The van der Waals surface area contributed by atoms with Gasteiger partial charge in [0, 0.05) is 20.9 Å². The fraction of sp³-hybridized carbons (Fsp3) is 0.0909. The molecule has 0 radical (unpaired) electrons. The third-order valence-electron chi connectivity index (χ3n) is 4.49. The molecule has 4 rings (SSSR count). The molecule has 9 heteroatoms. The van der Waals surface area contributed by atoms with Crippen molar-refractivity contribution in [3.05, 3.63) is 77.0 Å². The van der Waals surface area contributed by atoms with Crippen LogP contribution in [0.3, 0.4) is 0 Å². The zero-order chi connectivity index (χ0) is 22.0. The highest BCUT2D eigenvalue weighted by molar-refractivity contribution is 7.91. The van der Waals surface area contributed by atoms with Gasteiger partial charge in [0.15, 0.2) is 5.43 Å². The van der Waals surface area contributed by atoms with Gasteiger partial charge in [0.05, 0.1) is 21.8 Å². The molecule has 0 aliphatic rings. The Morgan fingerprint density at radius 3 is 2.39 bits per heavy atom. The molecule has 1 aromatic heterocycles. The molecule has 158 valence electrons. The quantitative estimate of drug-likeness (QED) is 0.277. The number of carbonyl (C=O) groups is 1. The molecule has 0 fully saturated rings. The summed E-state index contributed by atoms with van der Waals surface area (Å²) in [5, 5.41) is 9.34. The van der Waals surface area contributed by atoms with Crippen molar-refractivity contribution in [2.75, 3.05) is 13.2 Å². The van der Waals surface area contributed by atoms with E-state index in [-0.39, 0.29) is 27.5 Å². The number of hydrogen-bond donors (Lipinski definition) is 1. The van der Waals surface area contributed by atoms with Gasteiger partial charge in [0.1, 0.15) is 12.4 Å². The molecular weight excluding hydrogens is 440 g/mol. The Balaban J connectivity index is 1.98. The van der Waals surface area contributed by atoms with E-state index in [2.05, 4.69) is 0 Å². The standard InChI is InChI=1S/C22H16O7S2/c23-10-11-28-22(25)29-17-12-15(31(26,27)14-6-2-1-3-7-14)13-19-20(17)21(24)16-8-4-5-9-18(16)30-19/h1-9,12-13,23H,10-11H2. The number of sulfone groups is 1. The Hall–Kier alpha value is -3.27. The lowest BCUT2D eigenvalue weighted by molar-refractivity contribution is 0.0811. The Morgan fingerprint density at radius 1 is 0.935 bits per heavy atom. The molecule has 0 amide bonds. The Kier molecular flexibility index (Phi) is 5.73. The molecule has 0 atom stereocenters. The molecule has 0 saturated heterocycles. The van der Waals surface area contributed by atoms with Crippen molar-refractivity contribution >= 4 is 47.5 Å². The average Bonchev–Trinajstić information content (AvgIpc) is 2.78. The maximum Gasteiger partial charge on any atom is 0.513 e. The van der Waals surface area contributed by atoms with Crippen molar-refractivity contribution in [1.29, 1.82) is 0 Å². The minimum atomic E-state index is -3.94. The number of rotatable bonds is 5.